The van der Waals surface area contributed by atoms with Gasteiger partial charge in [-0.3, -0.25) is 0 Å². The number of aliphatic hydroxyl groups is 2. The van der Waals surface area contributed by atoms with Crippen LogP contribution in [0.2, 0.25) is 0 Å². The van der Waals surface area contributed by atoms with Crippen molar-refractivity contribution >= 4 is 0 Å². The maximum Gasteiger partial charge on any atom is 0.0624 e. The lowest BCUT2D eigenvalue weighted by Gasteiger charge is -2.73. The Labute approximate surface area is 197 Å². The second-order valence-corrected chi connectivity index (χ2v) is 14.8. The van der Waals surface area contributed by atoms with E-state index in [2.05, 4.69) is 55.0 Å². The Morgan fingerprint density at radius 3 is 2.09 bits per heavy atom. The van der Waals surface area contributed by atoms with Crippen molar-refractivity contribution in [1.82, 2.24) is 0 Å². The molecule has 5 rings (SSSR count). The van der Waals surface area contributed by atoms with Gasteiger partial charge in [-0.25, -0.2) is 0 Å². The summed E-state index contributed by atoms with van der Waals surface area (Å²) in [5.74, 6) is 3.22. The van der Waals surface area contributed by atoms with Crippen LogP contribution in [0.3, 0.4) is 0 Å². The van der Waals surface area contributed by atoms with Gasteiger partial charge in [0.25, 0.3) is 0 Å². The summed E-state index contributed by atoms with van der Waals surface area (Å²) in [6.07, 6.45) is 10.2. The summed E-state index contributed by atoms with van der Waals surface area (Å²) in [4.78, 5) is 0. The third-order valence-corrected chi connectivity index (χ3v) is 13.6. The third-order valence-electron chi connectivity index (χ3n) is 13.6. The summed E-state index contributed by atoms with van der Waals surface area (Å²) >= 11 is 0. The van der Waals surface area contributed by atoms with Crippen molar-refractivity contribution in [3.8, 4) is 0 Å². The number of aliphatic hydroxyl groups excluding tert-OH is 2. The van der Waals surface area contributed by atoms with Crippen LogP contribution in [0.15, 0.2) is 12.2 Å². The minimum atomic E-state index is -0.392. The fraction of sp³-hybridized carbons (Fsp3) is 0.933. The lowest BCUT2D eigenvalue weighted by Crippen LogP contribution is -2.69. The molecule has 0 spiro atoms. The van der Waals surface area contributed by atoms with Crippen molar-refractivity contribution in [2.75, 3.05) is 0 Å². The molecule has 0 aromatic carbocycles. The average Bonchev–Trinajstić information content (AvgIpc) is 3.05. The van der Waals surface area contributed by atoms with Crippen LogP contribution in [0.4, 0.5) is 0 Å². The van der Waals surface area contributed by atoms with E-state index >= 15 is 0 Å². The van der Waals surface area contributed by atoms with E-state index in [0.29, 0.717) is 35.0 Å². The highest BCUT2D eigenvalue weighted by atomic mass is 16.3. The Balaban J connectivity index is 1.57. The minimum Gasteiger partial charge on any atom is -0.392 e. The molecule has 3 unspecified atom stereocenters. The van der Waals surface area contributed by atoms with E-state index in [1.807, 2.05) is 0 Å². The van der Waals surface area contributed by atoms with Gasteiger partial charge in [-0.15, -0.1) is 0 Å². The summed E-state index contributed by atoms with van der Waals surface area (Å²) in [6, 6.07) is 0. The van der Waals surface area contributed by atoms with Gasteiger partial charge >= 0.3 is 0 Å². The topological polar surface area (TPSA) is 40.5 Å². The average molecular weight is 443 g/mol. The van der Waals surface area contributed by atoms with Gasteiger partial charge in [0.1, 0.15) is 0 Å². The Morgan fingerprint density at radius 1 is 0.750 bits per heavy atom. The first-order chi connectivity index (χ1) is 14.7. The number of hydrogen-bond donors (Lipinski definition) is 2. The Hall–Kier alpha value is -0.340. The normalized spacial score (nSPS) is 58.8. The van der Waals surface area contributed by atoms with Crippen molar-refractivity contribution in [1.29, 1.82) is 0 Å². The van der Waals surface area contributed by atoms with Crippen LogP contribution in [0.25, 0.3) is 0 Å². The molecule has 0 aliphatic heterocycles. The van der Waals surface area contributed by atoms with E-state index in [4.69, 9.17) is 0 Å². The maximum absolute atomic E-state index is 11.5. The highest BCUT2D eigenvalue weighted by molar-refractivity contribution is 5.22. The largest absolute Gasteiger partial charge is 0.392 e. The molecule has 11 atom stereocenters. The third kappa shape index (κ3) is 2.61. The summed E-state index contributed by atoms with van der Waals surface area (Å²) < 4.78 is 0. The molecule has 5 saturated carbocycles. The Bertz CT molecular complexity index is 801. The van der Waals surface area contributed by atoms with E-state index in [0.717, 1.165) is 18.3 Å². The molecule has 2 nitrogen and oxygen atoms in total. The number of allylic oxidation sites excluding steroid dienone is 1. The molecule has 0 radical (unpaired) electrons. The molecule has 2 N–H and O–H groups in total. The van der Waals surface area contributed by atoms with E-state index in [9.17, 15) is 10.2 Å². The molecule has 5 aliphatic carbocycles. The van der Waals surface area contributed by atoms with Crippen LogP contribution in [0, 0.1) is 56.7 Å². The Kier molecular flexibility index (Phi) is 5.02. The van der Waals surface area contributed by atoms with Crippen molar-refractivity contribution < 1.29 is 10.2 Å². The number of rotatable bonds is 1. The molecule has 0 aromatic rings. The molecule has 0 amide bonds. The van der Waals surface area contributed by atoms with Crippen molar-refractivity contribution in [3.05, 3.63) is 12.2 Å². The van der Waals surface area contributed by atoms with E-state index in [1.165, 1.54) is 50.5 Å². The molecular weight excluding hydrogens is 392 g/mol. The summed E-state index contributed by atoms with van der Waals surface area (Å²) in [6.45, 7) is 21.6. The van der Waals surface area contributed by atoms with Crippen LogP contribution in [0.5, 0.6) is 0 Å². The van der Waals surface area contributed by atoms with E-state index < -0.39 is 6.10 Å². The number of hydrogen-bond acceptors (Lipinski definition) is 2. The zero-order valence-electron chi connectivity index (χ0n) is 22.0. The molecule has 5 fully saturated rings. The monoisotopic (exact) mass is 442 g/mol. The fourth-order valence-electron chi connectivity index (χ4n) is 11.4. The first-order valence-corrected chi connectivity index (χ1v) is 13.7. The van der Waals surface area contributed by atoms with Crippen molar-refractivity contribution in [2.24, 2.45) is 56.7 Å². The van der Waals surface area contributed by atoms with E-state index in [-0.39, 0.29) is 22.3 Å². The molecule has 0 saturated heterocycles. The van der Waals surface area contributed by atoms with Gasteiger partial charge in [0, 0.05) is 11.8 Å². The predicted molar refractivity (Wildman–Crippen MR) is 132 cm³/mol. The molecule has 182 valence electrons. The SMILES string of the molecule is C=C(C)C1CC[C@]2(C)CC[C@]3(C)[C@H](CC[C@@H]4[C@@]5(C)C(O)CC(O)C(C)(C)[C@@H]5CC[C@]43C)[C@@H]12. The van der Waals surface area contributed by atoms with E-state index in [1.54, 1.807) is 0 Å². The van der Waals surface area contributed by atoms with Gasteiger partial charge in [0.05, 0.1) is 12.2 Å². The molecule has 32 heavy (non-hydrogen) atoms. The highest BCUT2D eigenvalue weighted by Gasteiger charge is 2.71. The fourth-order valence-corrected chi connectivity index (χ4v) is 11.4. The summed E-state index contributed by atoms with van der Waals surface area (Å²) in [5.41, 5.74) is 2.32. The van der Waals surface area contributed by atoms with Gasteiger partial charge in [-0.2, -0.15) is 0 Å². The molecule has 5 aliphatic rings. The first-order valence-electron chi connectivity index (χ1n) is 13.7. The summed E-state index contributed by atoms with van der Waals surface area (Å²) in [7, 11) is 0. The van der Waals surface area contributed by atoms with Gasteiger partial charge < -0.3 is 10.2 Å². The molecule has 0 aromatic heterocycles. The van der Waals surface area contributed by atoms with Crippen LogP contribution in [-0.4, -0.2) is 22.4 Å². The van der Waals surface area contributed by atoms with Crippen LogP contribution in [0.1, 0.15) is 106 Å². The number of fused-ring (bicyclic) bond motifs is 7. The van der Waals surface area contributed by atoms with Crippen molar-refractivity contribution in [2.45, 2.75) is 118 Å². The van der Waals surface area contributed by atoms with Gasteiger partial charge in [0.2, 0.25) is 0 Å². The molecule has 0 bridgehead atoms. The summed E-state index contributed by atoms with van der Waals surface area (Å²) in [5, 5.41) is 22.4. The van der Waals surface area contributed by atoms with Gasteiger partial charge in [-0.1, -0.05) is 53.7 Å². The molecule has 0 heterocycles. The smallest absolute Gasteiger partial charge is 0.0624 e. The first kappa shape index (κ1) is 23.4. The lowest BCUT2D eigenvalue weighted by atomic mass is 9.32. The Morgan fingerprint density at radius 2 is 1.44 bits per heavy atom. The second kappa shape index (κ2) is 6.87. The van der Waals surface area contributed by atoms with Crippen LogP contribution in [-0.2, 0) is 0 Å². The minimum absolute atomic E-state index is 0.0894. The maximum atomic E-state index is 11.5. The van der Waals surface area contributed by atoms with Gasteiger partial charge in [0.15, 0.2) is 0 Å². The second-order valence-electron chi connectivity index (χ2n) is 14.8. The zero-order chi connectivity index (χ0) is 23.5. The van der Waals surface area contributed by atoms with Gasteiger partial charge in [-0.05, 0) is 110 Å². The quantitative estimate of drug-likeness (QED) is 0.429. The van der Waals surface area contributed by atoms with Crippen LogP contribution < -0.4 is 0 Å². The molecule has 2 heteroatoms. The van der Waals surface area contributed by atoms with Crippen molar-refractivity contribution in [3.63, 3.8) is 0 Å². The zero-order valence-corrected chi connectivity index (χ0v) is 22.0. The van der Waals surface area contributed by atoms with Crippen LogP contribution >= 0.6 is 0 Å². The highest BCUT2D eigenvalue weighted by Crippen LogP contribution is 2.77. The standard InChI is InChI=1S/C30H50O2/c1-18(2)19-11-13-27(5)15-16-28(6)20(25(19)27)9-10-22-29(28,7)14-12-21-26(3,4)23(31)17-24(32)30(21,22)8/h19-25,31-32H,1,9-17H2,2-8H3/t19?,20-,21+,22+,23?,24?,25-,27-,28-,29-,30+/m1/s1. The molecular formula is C30H50O2. The predicted octanol–water partition coefficient (Wildman–Crippen LogP) is 7.00. The lowest BCUT2D eigenvalue weighted by molar-refractivity contribution is -0.273.